The van der Waals surface area contributed by atoms with E-state index in [2.05, 4.69) is 10.6 Å². The molecule has 0 spiro atoms. The van der Waals surface area contributed by atoms with Gasteiger partial charge in [-0.05, 0) is 26.8 Å². The van der Waals surface area contributed by atoms with Crippen molar-refractivity contribution in [2.75, 3.05) is 13.1 Å². The topological polar surface area (TPSA) is 84.2 Å². The lowest BCUT2D eigenvalue weighted by Crippen LogP contribution is -2.44. The fraction of sp³-hybridized carbons (Fsp3) is 0.778. The second-order valence-electron chi connectivity index (χ2n) is 3.08. The summed E-state index contributed by atoms with van der Waals surface area (Å²) in [5.74, 6) is -0.289. The summed E-state index contributed by atoms with van der Waals surface area (Å²) >= 11 is 0. The van der Waals surface area contributed by atoms with Gasteiger partial charge in [-0.25, -0.2) is 0 Å². The summed E-state index contributed by atoms with van der Waals surface area (Å²) in [5.41, 5.74) is 5.26. The van der Waals surface area contributed by atoms with Crippen LogP contribution in [0.5, 0.6) is 0 Å². The summed E-state index contributed by atoms with van der Waals surface area (Å²) in [5, 5.41) is 5.22. The van der Waals surface area contributed by atoms with Crippen LogP contribution in [0.3, 0.4) is 0 Å². The van der Waals surface area contributed by atoms with Gasteiger partial charge in [0.1, 0.15) is 6.04 Å². The zero-order valence-electron chi connectivity index (χ0n) is 8.80. The van der Waals surface area contributed by atoms with Crippen molar-refractivity contribution in [2.45, 2.75) is 32.7 Å². The molecule has 82 valence electrons. The Morgan fingerprint density at radius 3 is 2.57 bits per heavy atom. The maximum Gasteiger partial charge on any atom is 0.242 e. The molecular formula is C9H19N3O2. The van der Waals surface area contributed by atoms with Crippen LogP contribution in [0.25, 0.3) is 0 Å². The third kappa shape index (κ3) is 5.53. The Hall–Kier alpha value is -1.10. The molecule has 0 aromatic rings. The van der Waals surface area contributed by atoms with Crippen molar-refractivity contribution in [3.05, 3.63) is 0 Å². The van der Waals surface area contributed by atoms with Crippen LogP contribution in [0.1, 0.15) is 26.7 Å². The number of rotatable bonds is 6. The molecular weight excluding hydrogens is 182 g/mol. The highest BCUT2D eigenvalue weighted by Gasteiger charge is 2.13. The molecule has 4 N–H and O–H groups in total. The second kappa shape index (κ2) is 7.32. The van der Waals surface area contributed by atoms with E-state index in [1.165, 1.54) is 0 Å². The first-order valence-electron chi connectivity index (χ1n) is 4.89. The molecule has 1 unspecified atom stereocenters. The van der Waals surface area contributed by atoms with Crippen LogP contribution in [0.2, 0.25) is 0 Å². The molecule has 14 heavy (non-hydrogen) atoms. The van der Waals surface area contributed by atoms with Gasteiger partial charge < -0.3 is 16.4 Å². The summed E-state index contributed by atoms with van der Waals surface area (Å²) in [6.45, 7) is 4.55. The van der Waals surface area contributed by atoms with Crippen molar-refractivity contribution in [1.82, 2.24) is 10.6 Å². The van der Waals surface area contributed by atoms with Gasteiger partial charge in [-0.3, -0.25) is 9.59 Å². The van der Waals surface area contributed by atoms with Gasteiger partial charge in [0, 0.05) is 13.0 Å². The predicted molar refractivity (Wildman–Crippen MR) is 54.6 cm³/mol. The number of likely N-dealkylation sites (N-methyl/N-ethyl adjacent to an activating group) is 1. The summed E-state index contributed by atoms with van der Waals surface area (Å²) in [6.07, 6.45) is 1.02. The Balaban J connectivity index is 3.75. The van der Waals surface area contributed by atoms with E-state index in [4.69, 9.17) is 5.73 Å². The van der Waals surface area contributed by atoms with E-state index in [-0.39, 0.29) is 11.8 Å². The summed E-state index contributed by atoms with van der Waals surface area (Å²) in [7, 11) is 0. The second-order valence-corrected chi connectivity index (χ2v) is 3.08. The van der Waals surface area contributed by atoms with Gasteiger partial charge in [-0.2, -0.15) is 0 Å². The average Bonchev–Trinajstić information content (AvgIpc) is 2.15. The van der Waals surface area contributed by atoms with Crippen molar-refractivity contribution in [2.24, 2.45) is 5.73 Å². The molecule has 0 aromatic carbocycles. The molecule has 0 saturated heterocycles. The SMILES string of the molecule is CCNC(=O)C(C)NC(=O)CCCN. The fourth-order valence-electron chi connectivity index (χ4n) is 0.969. The minimum absolute atomic E-state index is 0.130. The quantitative estimate of drug-likeness (QED) is 0.535. The lowest BCUT2D eigenvalue weighted by Gasteiger charge is -2.12. The lowest BCUT2D eigenvalue weighted by atomic mass is 10.2. The highest BCUT2D eigenvalue weighted by Crippen LogP contribution is 1.89. The van der Waals surface area contributed by atoms with E-state index in [0.29, 0.717) is 25.9 Å². The van der Waals surface area contributed by atoms with Crippen LogP contribution >= 0.6 is 0 Å². The van der Waals surface area contributed by atoms with Crippen LogP contribution < -0.4 is 16.4 Å². The van der Waals surface area contributed by atoms with Gasteiger partial charge >= 0.3 is 0 Å². The Bertz CT molecular complexity index is 194. The molecule has 0 saturated carbocycles. The molecule has 0 fully saturated rings. The van der Waals surface area contributed by atoms with Gasteiger partial charge in [-0.15, -0.1) is 0 Å². The maximum atomic E-state index is 11.2. The minimum atomic E-state index is -0.472. The monoisotopic (exact) mass is 201 g/mol. The van der Waals surface area contributed by atoms with Gasteiger partial charge in [-0.1, -0.05) is 0 Å². The van der Waals surface area contributed by atoms with E-state index in [0.717, 1.165) is 0 Å². The highest BCUT2D eigenvalue weighted by atomic mass is 16.2. The summed E-state index contributed by atoms with van der Waals surface area (Å²) in [4.78, 5) is 22.4. The van der Waals surface area contributed by atoms with Crippen molar-refractivity contribution in [3.63, 3.8) is 0 Å². The van der Waals surface area contributed by atoms with E-state index < -0.39 is 6.04 Å². The first-order chi connectivity index (χ1) is 6.61. The first kappa shape index (κ1) is 12.9. The van der Waals surface area contributed by atoms with Crippen LogP contribution in [0.4, 0.5) is 0 Å². The molecule has 1 atom stereocenters. The zero-order chi connectivity index (χ0) is 11.0. The molecule has 0 rings (SSSR count). The van der Waals surface area contributed by atoms with Crippen molar-refractivity contribution in [3.8, 4) is 0 Å². The number of hydrogen-bond donors (Lipinski definition) is 3. The Morgan fingerprint density at radius 1 is 1.43 bits per heavy atom. The maximum absolute atomic E-state index is 11.2. The van der Waals surface area contributed by atoms with E-state index in [1.807, 2.05) is 6.92 Å². The first-order valence-corrected chi connectivity index (χ1v) is 4.89. The molecule has 0 bridgehead atoms. The molecule has 0 heterocycles. The fourth-order valence-corrected chi connectivity index (χ4v) is 0.969. The number of amides is 2. The smallest absolute Gasteiger partial charge is 0.242 e. The van der Waals surface area contributed by atoms with Crippen LogP contribution in [0.15, 0.2) is 0 Å². The van der Waals surface area contributed by atoms with E-state index in [9.17, 15) is 9.59 Å². The zero-order valence-corrected chi connectivity index (χ0v) is 8.80. The Morgan fingerprint density at radius 2 is 2.07 bits per heavy atom. The molecule has 0 aliphatic rings. The lowest BCUT2D eigenvalue weighted by molar-refractivity contribution is -0.128. The van der Waals surface area contributed by atoms with E-state index in [1.54, 1.807) is 6.92 Å². The van der Waals surface area contributed by atoms with Crippen LogP contribution in [0, 0.1) is 0 Å². The Kier molecular flexibility index (Phi) is 6.74. The van der Waals surface area contributed by atoms with Gasteiger partial charge in [0.15, 0.2) is 0 Å². The summed E-state index contributed by atoms with van der Waals surface area (Å²) in [6, 6.07) is -0.472. The van der Waals surface area contributed by atoms with Gasteiger partial charge in [0.2, 0.25) is 11.8 Å². The number of hydrogen-bond acceptors (Lipinski definition) is 3. The van der Waals surface area contributed by atoms with Crippen molar-refractivity contribution >= 4 is 11.8 Å². The van der Waals surface area contributed by atoms with Crippen LogP contribution in [-0.4, -0.2) is 30.9 Å². The van der Waals surface area contributed by atoms with Gasteiger partial charge in [0.25, 0.3) is 0 Å². The largest absolute Gasteiger partial charge is 0.355 e. The molecule has 5 nitrogen and oxygen atoms in total. The number of nitrogens with two attached hydrogens (primary N) is 1. The molecule has 0 radical (unpaired) electrons. The predicted octanol–water partition coefficient (Wildman–Crippen LogP) is -0.634. The number of carbonyl (C=O) groups is 2. The standard InChI is InChI=1S/C9H19N3O2/c1-3-11-9(14)7(2)12-8(13)5-4-6-10/h7H,3-6,10H2,1-2H3,(H,11,14)(H,12,13). The molecule has 5 heteroatoms. The summed E-state index contributed by atoms with van der Waals surface area (Å²) < 4.78 is 0. The van der Waals surface area contributed by atoms with Crippen molar-refractivity contribution < 1.29 is 9.59 Å². The Labute approximate surface area is 84.4 Å². The third-order valence-corrected chi connectivity index (χ3v) is 1.73. The minimum Gasteiger partial charge on any atom is -0.355 e. The average molecular weight is 201 g/mol. The number of carbonyl (C=O) groups excluding carboxylic acids is 2. The molecule has 2 amide bonds. The normalized spacial score (nSPS) is 11.9. The van der Waals surface area contributed by atoms with E-state index >= 15 is 0 Å². The third-order valence-electron chi connectivity index (χ3n) is 1.73. The number of nitrogens with one attached hydrogen (secondary N) is 2. The van der Waals surface area contributed by atoms with Crippen LogP contribution in [-0.2, 0) is 9.59 Å². The molecule has 0 aliphatic heterocycles. The van der Waals surface area contributed by atoms with Crippen molar-refractivity contribution in [1.29, 1.82) is 0 Å². The molecule has 0 aromatic heterocycles. The molecule has 0 aliphatic carbocycles. The highest BCUT2D eigenvalue weighted by molar-refractivity contribution is 5.87. The van der Waals surface area contributed by atoms with Gasteiger partial charge in [0.05, 0.1) is 0 Å².